The maximum Gasteiger partial charge on any atom is 0.343 e. The number of ether oxygens (including phenoxy) is 1. The highest BCUT2D eigenvalue weighted by Crippen LogP contribution is 2.25. The Morgan fingerprint density at radius 1 is 1.36 bits per heavy atom. The highest BCUT2D eigenvalue weighted by atomic mass is 19.2. The summed E-state index contributed by atoms with van der Waals surface area (Å²) in [5.74, 6) is -2.82. The molecule has 4 nitrogen and oxygen atoms in total. The Bertz CT molecular complexity index is 868. The molecule has 2 aromatic rings. The zero-order valence-corrected chi connectivity index (χ0v) is 11.9. The minimum absolute atomic E-state index is 0.0110. The van der Waals surface area contributed by atoms with E-state index in [1.165, 1.54) is 6.20 Å². The summed E-state index contributed by atoms with van der Waals surface area (Å²) in [5, 5.41) is -0.0110. The number of esters is 1. The van der Waals surface area contributed by atoms with E-state index in [1.807, 2.05) is 0 Å². The number of hydrogen-bond acceptors (Lipinski definition) is 3. The van der Waals surface area contributed by atoms with Gasteiger partial charge in [0.15, 0.2) is 11.6 Å². The van der Waals surface area contributed by atoms with Crippen LogP contribution < -0.4 is 5.43 Å². The molecule has 3 rings (SSSR count). The van der Waals surface area contributed by atoms with Crippen LogP contribution in [0.5, 0.6) is 0 Å². The molecule has 2 heterocycles. The molecule has 0 saturated carbocycles. The minimum atomic E-state index is -1.09. The van der Waals surface area contributed by atoms with E-state index in [9.17, 15) is 18.4 Å². The van der Waals surface area contributed by atoms with Crippen molar-refractivity contribution >= 4 is 16.9 Å². The molecule has 0 aliphatic carbocycles. The van der Waals surface area contributed by atoms with Gasteiger partial charge < -0.3 is 9.30 Å². The molecule has 0 fully saturated rings. The lowest BCUT2D eigenvalue weighted by atomic mass is 10.0. The number of carbonyl (C=O) groups is 1. The number of benzene rings is 1. The Kier molecular flexibility index (Phi) is 3.52. The Hall–Kier alpha value is -2.50. The SMILES string of the molecule is CCOC(=O)c1cn2c3c(c(F)c(F)cc3c1=O)CC=CC2. The average Bonchev–Trinajstić information content (AvgIpc) is 2.70. The minimum Gasteiger partial charge on any atom is -0.462 e. The Labute approximate surface area is 124 Å². The van der Waals surface area contributed by atoms with Crippen molar-refractivity contribution in [3.8, 4) is 0 Å². The summed E-state index contributed by atoms with van der Waals surface area (Å²) in [6.07, 6.45) is 5.02. The third-order valence-electron chi connectivity index (χ3n) is 3.63. The molecule has 0 radical (unpaired) electrons. The molecule has 1 aliphatic rings. The second-order valence-electron chi connectivity index (χ2n) is 4.97. The van der Waals surface area contributed by atoms with Crippen molar-refractivity contribution in [1.82, 2.24) is 4.57 Å². The van der Waals surface area contributed by atoms with Crippen molar-refractivity contribution in [2.75, 3.05) is 6.61 Å². The summed E-state index contributed by atoms with van der Waals surface area (Å²) in [6, 6.07) is 0.848. The third-order valence-corrected chi connectivity index (χ3v) is 3.63. The maximum atomic E-state index is 14.0. The predicted molar refractivity (Wildman–Crippen MR) is 76.9 cm³/mol. The highest BCUT2D eigenvalue weighted by Gasteiger charge is 2.22. The Morgan fingerprint density at radius 2 is 2.14 bits per heavy atom. The summed E-state index contributed by atoms with van der Waals surface area (Å²) < 4.78 is 34.2. The van der Waals surface area contributed by atoms with Crippen LogP contribution in [-0.2, 0) is 17.7 Å². The number of rotatable bonds is 2. The molecule has 1 aromatic heterocycles. The van der Waals surface area contributed by atoms with Gasteiger partial charge in [0.1, 0.15) is 5.56 Å². The smallest absolute Gasteiger partial charge is 0.343 e. The monoisotopic (exact) mass is 305 g/mol. The van der Waals surface area contributed by atoms with Gasteiger partial charge in [0.2, 0.25) is 5.43 Å². The van der Waals surface area contributed by atoms with Gasteiger partial charge in [-0.2, -0.15) is 0 Å². The molecule has 1 aromatic carbocycles. The molecule has 0 N–H and O–H groups in total. The fourth-order valence-electron chi connectivity index (χ4n) is 2.67. The van der Waals surface area contributed by atoms with Crippen LogP contribution in [0.2, 0.25) is 0 Å². The van der Waals surface area contributed by atoms with Gasteiger partial charge in [0.25, 0.3) is 0 Å². The first-order valence-electron chi connectivity index (χ1n) is 6.90. The van der Waals surface area contributed by atoms with Crippen LogP contribution in [0, 0.1) is 11.6 Å². The maximum absolute atomic E-state index is 14.0. The zero-order valence-electron chi connectivity index (χ0n) is 11.9. The Balaban J connectivity index is 2.41. The fraction of sp³-hybridized carbons (Fsp3) is 0.250. The molecule has 0 saturated heterocycles. The van der Waals surface area contributed by atoms with Gasteiger partial charge in [0.05, 0.1) is 12.1 Å². The van der Waals surface area contributed by atoms with Crippen LogP contribution in [0.1, 0.15) is 22.8 Å². The van der Waals surface area contributed by atoms with Gasteiger partial charge in [-0.25, -0.2) is 13.6 Å². The van der Waals surface area contributed by atoms with Crippen molar-refractivity contribution in [3.63, 3.8) is 0 Å². The average molecular weight is 305 g/mol. The van der Waals surface area contributed by atoms with Gasteiger partial charge in [0, 0.05) is 23.7 Å². The van der Waals surface area contributed by atoms with Gasteiger partial charge in [-0.15, -0.1) is 0 Å². The van der Waals surface area contributed by atoms with Crippen LogP contribution in [0.3, 0.4) is 0 Å². The lowest BCUT2D eigenvalue weighted by molar-refractivity contribution is 0.0524. The van der Waals surface area contributed by atoms with E-state index in [2.05, 4.69) is 0 Å². The first kappa shape index (κ1) is 14.4. The van der Waals surface area contributed by atoms with E-state index in [0.717, 1.165) is 6.07 Å². The van der Waals surface area contributed by atoms with Gasteiger partial charge in [-0.3, -0.25) is 4.79 Å². The quantitative estimate of drug-likeness (QED) is 0.633. The molecular weight excluding hydrogens is 292 g/mol. The van der Waals surface area contributed by atoms with Gasteiger partial charge >= 0.3 is 5.97 Å². The molecular formula is C16H13F2NO3. The largest absolute Gasteiger partial charge is 0.462 e. The van der Waals surface area contributed by atoms with Gasteiger partial charge in [-0.1, -0.05) is 12.2 Å². The lowest BCUT2D eigenvalue weighted by Crippen LogP contribution is -2.21. The molecule has 114 valence electrons. The molecule has 0 spiro atoms. The van der Waals surface area contributed by atoms with Crippen LogP contribution in [0.25, 0.3) is 10.9 Å². The first-order chi connectivity index (χ1) is 10.5. The molecule has 0 amide bonds. The van der Waals surface area contributed by atoms with Crippen molar-refractivity contribution in [3.05, 3.63) is 57.4 Å². The van der Waals surface area contributed by atoms with Crippen LogP contribution in [0.15, 0.2) is 29.2 Å². The second kappa shape index (κ2) is 5.36. The third kappa shape index (κ3) is 2.11. The van der Waals surface area contributed by atoms with E-state index in [4.69, 9.17) is 4.74 Å². The first-order valence-corrected chi connectivity index (χ1v) is 6.90. The van der Waals surface area contributed by atoms with E-state index in [1.54, 1.807) is 23.6 Å². The number of halogens is 2. The van der Waals surface area contributed by atoms with E-state index in [0.29, 0.717) is 12.1 Å². The van der Waals surface area contributed by atoms with E-state index in [-0.39, 0.29) is 29.5 Å². The standard InChI is InChI=1S/C16H13F2NO3/c1-2-22-16(21)11-8-19-6-4-3-5-9-13(18)12(17)7-10(14(9)19)15(11)20/h3-4,7-8H,2,5-6H2,1H3. The topological polar surface area (TPSA) is 48.3 Å². The molecule has 22 heavy (non-hydrogen) atoms. The normalized spacial score (nSPS) is 13.2. The molecule has 1 aliphatic heterocycles. The summed E-state index contributed by atoms with van der Waals surface area (Å²) >= 11 is 0. The van der Waals surface area contributed by atoms with Crippen LogP contribution in [0.4, 0.5) is 8.78 Å². The van der Waals surface area contributed by atoms with Crippen LogP contribution >= 0.6 is 0 Å². The lowest BCUT2D eigenvalue weighted by Gasteiger charge is -2.14. The van der Waals surface area contributed by atoms with Crippen molar-refractivity contribution < 1.29 is 18.3 Å². The zero-order chi connectivity index (χ0) is 15.9. The molecule has 6 heteroatoms. The summed E-state index contributed by atoms with van der Waals surface area (Å²) in [4.78, 5) is 24.3. The van der Waals surface area contributed by atoms with Gasteiger partial charge in [-0.05, 0) is 19.4 Å². The number of aromatic nitrogens is 1. The number of hydrogen-bond donors (Lipinski definition) is 0. The van der Waals surface area contributed by atoms with E-state index < -0.39 is 23.0 Å². The second-order valence-corrected chi connectivity index (χ2v) is 4.97. The Morgan fingerprint density at radius 3 is 2.86 bits per heavy atom. The molecule has 0 atom stereocenters. The highest BCUT2D eigenvalue weighted by molar-refractivity contribution is 5.94. The van der Waals surface area contributed by atoms with E-state index >= 15 is 0 Å². The van der Waals surface area contributed by atoms with Crippen molar-refractivity contribution in [2.45, 2.75) is 19.9 Å². The predicted octanol–water partition coefficient (Wildman–Crippen LogP) is 2.57. The van der Waals surface area contributed by atoms with Crippen molar-refractivity contribution in [2.24, 2.45) is 0 Å². The van der Waals surface area contributed by atoms with Crippen molar-refractivity contribution in [1.29, 1.82) is 0 Å². The molecule has 0 unspecified atom stereocenters. The van der Waals surface area contributed by atoms with Crippen LogP contribution in [-0.4, -0.2) is 17.1 Å². The number of nitrogens with zero attached hydrogens (tertiary/aromatic N) is 1. The number of allylic oxidation sites excluding steroid dienone is 2. The fourth-order valence-corrected chi connectivity index (χ4v) is 2.67. The summed E-state index contributed by atoms with van der Waals surface area (Å²) in [6.45, 7) is 2.11. The molecule has 0 bridgehead atoms. The number of carbonyl (C=O) groups excluding carboxylic acids is 1. The summed E-state index contributed by atoms with van der Waals surface area (Å²) in [7, 11) is 0. The number of pyridine rings is 1. The summed E-state index contributed by atoms with van der Waals surface area (Å²) in [5.41, 5.74) is -0.383.